The first-order valence-electron chi connectivity index (χ1n) is 8.25. The maximum Gasteiger partial charge on any atom is 0.257 e. The van der Waals surface area contributed by atoms with E-state index in [4.69, 9.17) is 18.9 Å². The van der Waals surface area contributed by atoms with Crippen molar-refractivity contribution in [2.24, 2.45) is 0 Å². The van der Waals surface area contributed by atoms with Gasteiger partial charge in [0.2, 0.25) is 5.75 Å². The maximum atomic E-state index is 12.8. The van der Waals surface area contributed by atoms with E-state index < -0.39 is 0 Å². The van der Waals surface area contributed by atoms with E-state index in [1.54, 1.807) is 24.1 Å². The van der Waals surface area contributed by atoms with Gasteiger partial charge in [-0.3, -0.25) is 4.79 Å². The number of hydrogen-bond acceptors (Lipinski definition) is 5. The highest BCUT2D eigenvalue weighted by Crippen LogP contribution is 2.40. The van der Waals surface area contributed by atoms with E-state index in [1.165, 1.54) is 21.3 Å². The van der Waals surface area contributed by atoms with Gasteiger partial charge in [-0.2, -0.15) is 0 Å². The van der Waals surface area contributed by atoms with Crippen LogP contribution in [0.2, 0.25) is 0 Å². The van der Waals surface area contributed by atoms with Crippen LogP contribution in [0.15, 0.2) is 36.4 Å². The molecule has 6 nitrogen and oxygen atoms in total. The van der Waals surface area contributed by atoms with Crippen LogP contribution < -0.4 is 18.9 Å². The normalized spacial score (nSPS) is 10.2. The predicted octanol–water partition coefficient (Wildman–Crippen LogP) is 3.17. The summed E-state index contributed by atoms with van der Waals surface area (Å²) >= 11 is 0. The monoisotopic (exact) mass is 359 g/mol. The van der Waals surface area contributed by atoms with Gasteiger partial charge in [-0.1, -0.05) is 12.1 Å². The summed E-state index contributed by atoms with van der Waals surface area (Å²) in [6, 6.07) is 11.2. The van der Waals surface area contributed by atoms with Crippen LogP contribution in [0, 0.1) is 6.92 Å². The third-order valence-electron chi connectivity index (χ3n) is 3.97. The molecule has 0 spiro atoms. The van der Waals surface area contributed by atoms with Crippen molar-refractivity contribution in [3.63, 3.8) is 0 Å². The molecule has 0 saturated heterocycles. The summed E-state index contributed by atoms with van der Waals surface area (Å²) in [7, 11) is 6.26. The molecule has 6 heteroatoms. The zero-order valence-corrected chi connectivity index (χ0v) is 15.9. The second kappa shape index (κ2) is 8.99. The van der Waals surface area contributed by atoms with Gasteiger partial charge in [-0.25, -0.2) is 0 Å². The molecular weight excluding hydrogens is 334 g/mol. The van der Waals surface area contributed by atoms with Crippen LogP contribution >= 0.6 is 0 Å². The number of benzene rings is 2. The topological polar surface area (TPSA) is 57.2 Å². The lowest BCUT2D eigenvalue weighted by Crippen LogP contribution is -2.31. The van der Waals surface area contributed by atoms with E-state index in [-0.39, 0.29) is 5.91 Å². The molecule has 140 valence electrons. The fraction of sp³-hybridized carbons (Fsp3) is 0.350. The number of ether oxygens (including phenoxy) is 4. The van der Waals surface area contributed by atoms with Gasteiger partial charge < -0.3 is 23.8 Å². The zero-order chi connectivity index (χ0) is 19.1. The number of aryl methyl sites for hydroxylation is 1. The van der Waals surface area contributed by atoms with E-state index in [1.807, 2.05) is 31.2 Å². The van der Waals surface area contributed by atoms with Crippen LogP contribution in [0.4, 0.5) is 0 Å². The maximum absolute atomic E-state index is 12.8. The van der Waals surface area contributed by atoms with Crippen LogP contribution in [0.3, 0.4) is 0 Å². The van der Waals surface area contributed by atoms with Crippen molar-refractivity contribution in [2.45, 2.75) is 6.92 Å². The summed E-state index contributed by atoms with van der Waals surface area (Å²) in [5.74, 6) is 1.85. The number of hydrogen-bond donors (Lipinski definition) is 0. The molecule has 0 aliphatic carbocycles. The van der Waals surface area contributed by atoms with Crippen molar-refractivity contribution < 1.29 is 23.7 Å². The minimum Gasteiger partial charge on any atom is -0.493 e. The molecule has 0 fully saturated rings. The van der Waals surface area contributed by atoms with Crippen LogP contribution in [-0.4, -0.2) is 52.3 Å². The first-order valence-corrected chi connectivity index (χ1v) is 8.25. The number of nitrogens with zero attached hydrogens (tertiary/aromatic N) is 1. The van der Waals surface area contributed by atoms with Gasteiger partial charge in [-0.15, -0.1) is 0 Å². The van der Waals surface area contributed by atoms with Gasteiger partial charge in [0.15, 0.2) is 11.5 Å². The quantitative estimate of drug-likeness (QED) is 0.725. The molecule has 2 aromatic rings. The highest BCUT2D eigenvalue weighted by atomic mass is 16.5. The Morgan fingerprint density at radius 3 is 2.35 bits per heavy atom. The number of likely N-dealkylation sites (N-methyl/N-ethyl adjacent to an activating group) is 1. The fourth-order valence-corrected chi connectivity index (χ4v) is 2.58. The Labute approximate surface area is 154 Å². The number of carbonyl (C=O) groups is 1. The minimum atomic E-state index is -0.185. The van der Waals surface area contributed by atoms with Gasteiger partial charge >= 0.3 is 0 Å². The molecule has 0 bridgehead atoms. The highest BCUT2D eigenvalue weighted by molar-refractivity contribution is 5.98. The van der Waals surface area contributed by atoms with Crippen molar-refractivity contribution in [2.75, 3.05) is 41.5 Å². The Balaban J connectivity index is 2.07. The molecule has 0 heterocycles. The van der Waals surface area contributed by atoms with Gasteiger partial charge in [0, 0.05) is 7.05 Å². The number of carbonyl (C=O) groups excluding carboxylic acids is 1. The van der Waals surface area contributed by atoms with E-state index in [9.17, 15) is 4.79 Å². The molecule has 0 aromatic heterocycles. The van der Waals surface area contributed by atoms with Crippen molar-refractivity contribution in [3.8, 4) is 23.0 Å². The number of amides is 1. The van der Waals surface area contributed by atoms with Crippen molar-refractivity contribution in [1.29, 1.82) is 0 Å². The second-order valence-corrected chi connectivity index (χ2v) is 5.77. The number of rotatable bonds is 8. The molecule has 2 aromatic carbocycles. The first-order chi connectivity index (χ1) is 12.5. The van der Waals surface area contributed by atoms with Crippen molar-refractivity contribution in [1.82, 2.24) is 4.90 Å². The predicted molar refractivity (Wildman–Crippen MR) is 99.7 cm³/mol. The summed E-state index contributed by atoms with van der Waals surface area (Å²) in [5.41, 5.74) is 1.53. The van der Waals surface area contributed by atoms with Crippen LogP contribution in [-0.2, 0) is 0 Å². The number of methoxy groups -OCH3 is 3. The summed E-state index contributed by atoms with van der Waals surface area (Å²) in [6.07, 6.45) is 0. The smallest absolute Gasteiger partial charge is 0.257 e. The summed E-state index contributed by atoms with van der Waals surface area (Å²) in [4.78, 5) is 14.4. The van der Waals surface area contributed by atoms with Crippen LogP contribution in [0.1, 0.15) is 15.9 Å². The van der Waals surface area contributed by atoms with Crippen molar-refractivity contribution >= 4 is 5.91 Å². The molecule has 0 saturated carbocycles. The van der Waals surface area contributed by atoms with Crippen LogP contribution in [0.5, 0.6) is 23.0 Å². The van der Waals surface area contributed by atoms with E-state index in [0.29, 0.717) is 36.0 Å². The fourth-order valence-electron chi connectivity index (χ4n) is 2.58. The largest absolute Gasteiger partial charge is 0.493 e. The third-order valence-corrected chi connectivity index (χ3v) is 3.97. The second-order valence-electron chi connectivity index (χ2n) is 5.77. The van der Waals surface area contributed by atoms with E-state index >= 15 is 0 Å². The van der Waals surface area contributed by atoms with E-state index in [2.05, 4.69) is 0 Å². The van der Waals surface area contributed by atoms with Crippen molar-refractivity contribution in [3.05, 3.63) is 47.5 Å². The highest BCUT2D eigenvalue weighted by Gasteiger charge is 2.22. The van der Waals surface area contributed by atoms with Gasteiger partial charge in [0.25, 0.3) is 5.91 Å². The SMILES string of the molecule is COc1ccc(C(=O)N(C)CCOc2cccc(C)c2)c(OC)c1OC. The molecule has 0 aliphatic heterocycles. The first kappa shape index (κ1) is 19.4. The Morgan fingerprint density at radius 1 is 1.00 bits per heavy atom. The van der Waals surface area contributed by atoms with Gasteiger partial charge in [0.05, 0.1) is 33.4 Å². The van der Waals surface area contributed by atoms with Gasteiger partial charge in [-0.05, 0) is 36.8 Å². The Bertz CT molecular complexity index is 760. The van der Waals surface area contributed by atoms with Crippen LogP contribution in [0.25, 0.3) is 0 Å². The summed E-state index contributed by atoms with van der Waals surface area (Å²) in [6.45, 7) is 2.83. The summed E-state index contributed by atoms with van der Waals surface area (Å²) < 4.78 is 21.7. The molecule has 0 radical (unpaired) electrons. The standard InChI is InChI=1S/C20H25NO5/c1-14-7-6-8-15(13-14)26-12-11-21(2)20(22)16-9-10-17(23-3)19(25-5)18(16)24-4/h6-10,13H,11-12H2,1-5H3. The molecule has 26 heavy (non-hydrogen) atoms. The molecular formula is C20H25NO5. The lowest BCUT2D eigenvalue weighted by atomic mass is 10.1. The van der Waals surface area contributed by atoms with E-state index in [0.717, 1.165) is 11.3 Å². The lowest BCUT2D eigenvalue weighted by Gasteiger charge is -2.20. The van der Waals surface area contributed by atoms with Gasteiger partial charge in [0.1, 0.15) is 12.4 Å². The average Bonchev–Trinajstić information content (AvgIpc) is 2.65. The lowest BCUT2D eigenvalue weighted by molar-refractivity contribution is 0.0769. The zero-order valence-electron chi connectivity index (χ0n) is 15.9. The molecule has 0 unspecified atom stereocenters. The third kappa shape index (κ3) is 4.39. The summed E-state index contributed by atoms with van der Waals surface area (Å²) in [5, 5.41) is 0. The molecule has 1 amide bonds. The molecule has 0 N–H and O–H groups in total. The minimum absolute atomic E-state index is 0.185. The average molecular weight is 359 g/mol. The molecule has 0 aliphatic rings. The Hall–Kier alpha value is -2.89. The Morgan fingerprint density at radius 2 is 1.73 bits per heavy atom. The Kier molecular flexibility index (Phi) is 6.72. The molecule has 2 rings (SSSR count). The molecule has 0 atom stereocenters.